The molecule has 2 aliphatic heterocycles. The minimum Gasteiger partial charge on any atom is -0.353 e. The maximum Gasteiger partial charge on any atom is 0.256 e. The van der Waals surface area contributed by atoms with Gasteiger partial charge >= 0.3 is 0 Å². The van der Waals surface area contributed by atoms with Gasteiger partial charge < -0.3 is 24.6 Å². The fourth-order valence-electron chi connectivity index (χ4n) is 5.17. The molecular formula is C28H31BrN6O3. The molecule has 0 unspecified atom stereocenters. The molecule has 5 rings (SSSR count). The number of carbonyl (C=O) groups excluding carboxylic acids is 3. The minimum absolute atomic E-state index is 0.0288. The summed E-state index contributed by atoms with van der Waals surface area (Å²) in [6, 6.07) is 9.79. The normalized spacial score (nSPS) is 15.9. The van der Waals surface area contributed by atoms with Gasteiger partial charge in [-0.3, -0.25) is 14.4 Å². The molecule has 3 amide bonds. The molecule has 1 aromatic carbocycles. The number of rotatable bonds is 6. The zero-order valence-corrected chi connectivity index (χ0v) is 23.2. The third-order valence-corrected chi connectivity index (χ3v) is 7.81. The lowest BCUT2D eigenvalue weighted by atomic mass is 10.1. The second-order valence-corrected chi connectivity index (χ2v) is 10.8. The maximum atomic E-state index is 13.8. The van der Waals surface area contributed by atoms with Crippen molar-refractivity contribution in [3.8, 4) is 0 Å². The van der Waals surface area contributed by atoms with Gasteiger partial charge in [0.2, 0.25) is 11.8 Å². The molecule has 0 bridgehead atoms. The summed E-state index contributed by atoms with van der Waals surface area (Å²) in [5, 5.41) is 3.82. The van der Waals surface area contributed by atoms with E-state index in [1.54, 1.807) is 4.90 Å². The molecule has 4 heterocycles. The van der Waals surface area contributed by atoms with Crippen LogP contribution in [0.3, 0.4) is 0 Å². The molecule has 0 aliphatic carbocycles. The Morgan fingerprint density at radius 2 is 1.82 bits per heavy atom. The molecule has 10 heteroatoms. The van der Waals surface area contributed by atoms with Crippen LogP contribution in [-0.4, -0.2) is 82.4 Å². The van der Waals surface area contributed by atoms with E-state index in [0.29, 0.717) is 44.8 Å². The number of hydrogen-bond acceptors (Lipinski definition) is 5. The number of aryl methyl sites for hydroxylation is 1. The number of halogens is 1. The van der Waals surface area contributed by atoms with Gasteiger partial charge in [-0.05, 0) is 49.8 Å². The van der Waals surface area contributed by atoms with Crippen LogP contribution in [0.1, 0.15) is 21.6 Å². The molecule has 2 aromatic heterocycles. The van der Waals surface area contributed by atoms with Gasteiger partial charge in [0.05, 0.1) is 11.6 Å². The second kappa shape index (κ2) is 10.6. The summed E-state index contributed by atoms with van der Waals surface area (Å²) in [7, 11) is 0. The summed E-state index contributed by atoms with van der Waals surface area (Å²) in [5.74, 6) is 0.613. The lowest BCUT2D eigenvalue weighted by Gasteiger charge is -2.38. The van der Waals surface area contributed by atoms with E-state index in [1.165, 1.54) is 6.08 Å². The lowest BCUT2D eigenvalue weighted by molar-refractivity contribution is -0.133. The molecule has 9 nitrogen and oxygen atoms in total. The zero-order valence-electron chi connectivity index (χ0n) is 21.6. The number of piperazine rings is 1. The van der Waals surface area contributed by atoms with Crippen molar-refractivity contribution >= 4 is 50.4 Å². The quantitative estimate of drug-likeness (QED) is 0.454. The van der Waals surface area contributed by atoms with Gasteiger partial charge in [-0.25, -0.2) is 4.98 Å². The number of amides is 3. The third kappa shape index (κ3) is 5.05. The molecule has 1 N–H and O–H groups in total. The Labute approximate surface area is 230 Å². The van der Waals surface area contributed by atoms with Crippen molar-refractivity contribution in [2.24, 2.45) is 0 Å². The predicted octanol–water partition coefficient (Wildman–Crippen LogP) is 2.89. The standard InChI is InChI=1S/C28H31BrN6O3/c1-4-26(37)34-15-21(16-34)31-25(36)17-35-19(3)27(22-13-20(29)6-7-23(22)35)28(38)33-11-9-32(10-12-33)24-8-5-18(2)14-30-24/h4-8,13-14,21H,1,9-12,15-17H2,2-3H3,(H,31,36). The Bertz CT molecular complexity index is 1400. The highest BCUT2D eigenvalue weighted by molar-refractivity contribution is 9.10. The monoisotopic (exact) mass is 578 g/mol. The molecule has 2 fully saturated rings. The van der Waals surface area contributed by atoms with Gasteiger partial charge in [0.15, 0.2) is 0 Å². The minimum atomic E-state index is -0.151. The predicted molar refractivity (Wildman–Crippen MR) is 150 cm³/mol. The fraction of sp³-hybridized carbons (Fsp3) is 0.357. The highest BCUT2D eigenvalue weighted by Gasteiger charge is 2.31. The van der Waals surface area contributed by atoms with Crippen LogP contribution in [-0.2, 0) is 16.1 Å². The third-order valence-electron chi connectivity index (χ3n) is 7.32. The van der Waals surface area contributed by atoms with E-state index in [4.69, 9.17) is 0 Å². The average molecular weight is 579 g/mol. The zero-order chi connectivity index (χ0) is 27.0. The van der Waals surface area contributed by atoms with Crippen molar-refractivity contribution in [1.82, 2.24) is 24.7 Å². The van der Waals surface area contributed by atoms with Crippen LogP contribution < -0.4 is 10.2 Å². The largest absolute Gasteiger partial charge is 0.353 e. The number of nitrogens with zero attached hydrogens (tertiary/aromatic N) is 5. The molecule has 0 saturated carbocycles. The van der Waals surface area contributed by atoms with Gasteiger partial charge in [0, 0.05) is 66.5 Å². The molecule has 2 saturated heterocycles. The molecule has 0 atom stereocenters. The van der Waals surface area contributed by atoms with E-state index in [9.17, 15) is 14.4 Å². The Morgan fingerprint density at radius 3 is 2.47 bits per heavy atom. The lowest BCUT2D eigenvalue weighted by Crippen LogP contribution is -2.61. The van der Waals surface area contributed by atoms with Crippen LogP contribution in [0.25, 0.3) is 10.9 Å². The number of benzene rings is 1. The molecule has 38 heavy (non-hydrogen) atoms. The topological polar surface area (TPSA) is 90.8 Å². The number of likely N-dealkylation sites (tertiary alicyclic amines) is 1. The van der Waals surface area contributed by atoms with Crippen molar-refractivity contribution in [3.63, 3.8) is 0 Å². The SMILES string of the molecule is C=CC(=O)N1CC(NC(=O)Cn2c(C)c(C(=O)N3CCN(c4ccc(C)cn4)CC3)c3cc(Br)ccc32)C1. The summed E-state index contributed by atoms with van der Waals surface area (Å²) >= 11 is 3.54. The number of fused-ring (bicyclic) bond motifs is 1. The molecule has 198 valence electrons. The first-order chi connectivity index (χ1) is 18.2. The van der Waals surface area contributed by atoms with Crippen molar-refractivity contribution in [1.29, 1.82) is 0 Å². The second-order valence-electron chi connectivity index (χ2n) is 9.89. The fourth-order valence-corrected chi connectivity index (χ4v) is 5.53. The van der Waals surface area contributed by atoms with Crippen molar-refractivity contribution in [2.45, 2.75) is 26.4 Å². The Hall–Kier alpha value is -3.66. The van der Waals surface area contributed by atoms with E-state index in [2.05, 4.69) is 37.7 Å². The molecule has 0 radical (unpaired) electrons. The van der Waals surface area contributed by atoms with E-state index >= 15 is 0 Å². The maximum absolute atomic E-state index is 13.8. The highest BCUT2D eigenvalue weighted by Crippen LogP contribution is 2.30. The van der Waals surface area contributed by atoms with E-state index in [0.717, 1.165) is 32.5 Å². The Morgan fingerprint density at radius 1 is 1.08 bits per heavy atom. The number of hydrogen-bond donors (Lipinski definition) is 1. The smallest absolute Gasteiger partial charge is 0.256 e. The van der Waals surface area contributed by atoms with Gasteiger partial charge in [-0.15, -0.1) is 0 Å². The van der Waals surface area contributed by atoms with Crippen LogP contribution in [0.15, 0.2) is 53.7 Å². The van der Waals surface area contributed by atoms with Gasteiger partial charge in [-0.2, -0.15) is 0 Å². The Balaban J connectivity index is 1.31. The molecule has 0 spiro atoms. The Kier molecular flexibility index (Phi) is 7.25. The molecule has 3 aromatic rings. The average Bonchev–Trinajstić information content (AvgIpc) is 3.15. The van der Waals surface area contributed by atoms with Crippen molar-refractivity contribution in [3.05, 3.63) is 70.5 Å². The first-order valence-corrected chi connectivity index (χ1v) is 13.5. The summed E-state index contributed by atoms with van der Waals surface area (Å²) in [6.07, 6.45) is 3.14. The van der Waals surface area contributed by atoms with E-state index in [-0.39, 0.29) is 30.3 Å². The van der Waals surface area contributed by atoms with Crippen LogP contribution in [0.2, 0.25) is 0 Å². The number of nitrogens with one attached hydrogen (secondary N) is 1. The molecule has 2 aliphatic rings. The van der Waals surface area contributed by atoms with Crippen molar-refractivity contribution in [2.75, 3.05) is 44.2 Å². The van der Waals surface area contributed by atoms with Crippen LogP contribution in [0.4, 0.5) is 5.82 Å². The summed E-state index contributed by atoms with van der Waals surface area (Å²) in [6.45, 7) is 11.1. The van der Waals surface area contributed by atoms with E-state index < -0.39 is 0 Å². The highest BCUT2D eigenvalue weighted by atomic mass is 79.9. The molecular weight excluding hydrogens is 548 g/mol. The van der Waals surface area contributed by atoms with Crippen molar-refractivity contribution < 1.29 is 14.4 Å². The number of anilines is 1. The number of aromatic nitrogens is 2. The van der Waals surface area contributed by atoms with Crippen LogP contribution >= 0.6 is 15.9 Å². The van der Waals surface area contributed by atoms with E-state index in [1.807, 2.05) is 59.8 Å². The van der Waals surface area contributed by atoms with Gasteiger partial charge in [0.25, 0.3) is 5.91 Å². The summed E-state index contributed by atoms with van der Waals surface area (Å²) in [4.78, 5) is 48.7. The first-order valence-electron chi connectivity index (χ1n) is 12.7. The van der Waals surface area contributed by atoms with Gasteiger partial charge in [0.1, 0.15) is 12.4 Å². The van der Waals surface area contributed by atoms with Gasteiger partial charge in [-0.1, -0.05) is 28.6 Å². The van der Waals surface area contributed by atoms with Crippen LogP contribution in [0, 0.1) is 13.8 Å². The van der Waals surface area contributed by atoms with Crippen LogP contribution in [0.5, 0.6) is 0 Å². The first kappa shape index (κ1) is 26.0. The number of pyridine rings is 1. The number of carbonyl (C=O) groups is 3. The summed E-state index contributed by atoms with van der Waals surface area (Å²) < 4.78 is 2.78. The summed E-state index contributed by atoms with van der Waals surface area (Å²) in [5.41, 5.74) is 3.34.